The first-order valence-corrected chi connectivity index (χ1v) is 5.54. The molecular formula is C13H18O4. The van der Waals surface area contributed by atoms with E-state index < -0.39 is 0 Å². The fourth-order valence-corrected chi connectivity index (χ4v) is 1.44. The van der Waals surface area contributed by atoms with Crippen molar-refractivity contribution in [3.63, 3.8) is 0 Å². The minimum absolute atomic E-state index is 0.139. The summed E-state index contributed by atoms with van der Waals surface area (Å²) in [6.45, 7) is 4.12. The number of phenols is 1. The van der Waals surface area contributed by atoms with Crippen LogP contribution in [0.25, 0.3) is 0 Å². The van der Waals surface area contributed by atoms with E-state index in [-0.39, 0.29) is 30.2 Å². The third-order valence-electron chi connectivity index (χ3n) is 2.56. The summed E-state index contributed by atoms with van der Waals surface area (Å²) >= 11 is 0. The van der Waals surface area contributed by atoms with E-state index in [1.807, 2.05) is 13.8 Å². The Labute approximate surface area is 101 Å². The van der Waals surface area contributed by atoms with E-state index in [1.165, 1.54) is 13.2 Å². The predicted octanol–water partition coefficient (Wildman–Crippen LogP) is 2.22. The van der Waals surface area contributed by atoms with Crippen molar-refractivity contribution >= 4 is 5.97 Å². The fraction of sp³-hybridized carbons (Fsp3) is 0.462. The van der Waals surface area contributed by atoms with Crippen molar-refractivity contribution in [1.82, 2.24) is 0 Å². The summed E-state index contributed by atoms with van der Waals surface area (Å²) in [5.41, 5.74) is 0. The molecule has 0 saturated carbocycles. The zero-order valence-electron chi connectivity index (χ0n) is 10.3. The smallest absolute Gasteiger partial charge is 0.312 e. The monoisotopic (exact) mass is 238 g/mol. The summed E-state index contributed by atoms with van der Waals surface area (Å²) in [6, 6.07) is 6.49. The number of benzene rings is 1. The standard InChI is InChI=1S/C13H18O4/c1-9(2)12(13(15)16-3)8-17-11-6-4-5-10(14)7-11/h4-7,9,12,14H,8H2,1-3H3. The fourth-order valence-electron chi connectivity index (χ4n) is 1.44. The number of hydrogen-bond donors (Lipinski definition) is 1. The molecule has 0 spiro atoms. The molecule has 17 heavy (non-hydrogen) atoms. The predicted molar refractivity (Wildman–Crippen MR) is 63.9 cm³/mol. The van der Waals surface area contributed by atoms with E-state index >= 15 is 0 Å². The number of aromatic hydroxyl groups is 1. The molecule has 4 nitrogen and oxygen atoms in total. The third kappa shape index (κ3) is 3.98. The Bertz CT molecular complexity index is 373. The van der Waals surface area contributed by atoms with E-state index in [9.17, 15) is 9.90 Å². The lowest BCUT2D eigenvalue weighted by Gasteiger charge is -2.18. The molecule has 0 heterocycles. The second kappa shape index (κ2) is 6.13. The van der Waals surface area contributed by atoms with Gasteiger partial charge in [-0.15, -0.1) is 0 Å². The lowest BCUT2D eigenvalue weighted by Crippen LogP contribution is -2.27. The van der Waals surface area contributed by atoms with E-state index in [0.717, 1.165) is 0 Å². The highest BCUT2D eigenvalue weighted by molar-refractivity contribution is 5.72. The van der Waals surface area contributed by atoms with Gasteiger partial charge in [-0.3, -0.25) is 4.79 Å². The van der Waals surface area contributed by atoms with E-state index in [4.69, 9.17) is 9.47 Å². The lowest BCUT2D eigenvalue weighted by atomic mass is 9.97. The zero-order chi connectivity index (χ0) is 12.8. The molecule has 0 aliphatic rings. The van der Waals surface area contributed by atoms with Gasteiger partial charge in [-0.05, 0) is 18.1 Å². The van der Waals surface area contributed by atoms with Crippen LogP contribution in [0.15, 0.2) is 24.3 Å². The molecule has 0 bridgehead atoms. The minimum atomic E-state index is -0.303. The van der Waals surface area contributed by atoms with Gasteiger partial charge in [0.25, 0.3) is 0 Å². The van der Waals surface area contributed by atoms with Gasteiger partial charge >= 0.3 is 5.97 Å². The molecule has 1 rings (SSSR count). The lowest BCUT2D eigenvalue weighted by molar-refractivity contribution is -0.148. The molecular weight excluding hydrogens is 220 g/mol. The first-order chi connectivity index (χ1) is 8.04. The van der Waals surface area contributed by atoms with Gasteiger partial charge in [0.15, 0.2) is 0 Å². The van der Waals surface area contributed by atoms with Gasteiger partial charge < -0.3 is 14.6 Å². The molecule has 1 aromatic rings. The largest absolute Gasteiger partial charge is 0.508 e. The number of rotatable bonds is 5. The maximum absolute atomic E-state index is 11.5. The summed E-state index contributed by atoms with van der Waals surface area (Å²) in [6.07, 6.45) is 0. The summed E-state index contributed by atoms with van der Waals surface area (Å²) in [5.74, 6) is 0.239. The molecule has 1 unspecified atom stereocenters. The van der Waals surface area contributed by atoms with Crippen LogP contribution in [0.2, 0.25) is 0 Å². The van der Waals surface area contributed by atoms with Gasteiger partial charge in [0.05, 0.1) is 13.0 Å². The highest BCUT2D eigenvalue weighted by atomic mass is 16.5. The average molecular weight is 238 g/mol. The first-order valence-electron chi connectivity index (χ1n) is 5.54. The van der Waals surface area contributed by atoms with Crippen molar-refractivity contribution < 1.29 is 19.4 Å². The van der Waals surface area contributed by atoms with E-state index in [0.29, 0.717) is 5.75 Å². The van der Waals surface area contributed by atoms with E-state index in [1.54, 1.807) is 18.2 Å². The Kier molecular flexibility index (Phi) is 4.82. The molecule has 0 aliphatic heterocycles. The second-order valence-electron chi connectivity index (χ2n) is 4.18. The maximum Gasteiger partial charge on any atom is 0.312 e. The summed E-state index contributed by atoms with van der Waals surface area (Å²) in [7, 11) is 1.37. The summed E-state index contributed by atoms with van der Waals surface area (Å²) in [4.78, 5) is 11.5. The topological polar surface area (TPSA) is 55.8 Å². The highest BCUT2D eigenvalue weighted by Crippen LogP contribution is 2.20. The highest BCUT2D eigenvalue weighted by Gasteiger charge is 2.23. The van der Waals surface area contributed by atoms with Crippen molar-refractivity contribution in [2.45, 2.75) is 13.8 Å². The number of methoxy groups -OCH3 is 1. The molecule has 1 aromatic carbocycles. The number of hydrogen-bond acceptors (Lipinski definition) is 4. The van der Waals surface area contributed by atoms with Gasteiger partial charge in [-0.1, -0.05) is 19.9 Å². The van der Waals surface area contributed by atoms with Gasteiger partial charge in [0.2, 0.25) is 0 Å². The Morgan fingerprint density at radius 2 is 2.12 bits per heavy atom. The van der Waals surface area contributed by atoms with Crippen LogP contribution in [-0.2, 0) is 9.53 Å². The van der Waals surface area contributed by atoms with Gasteiger partial charge in [-0.25, -0.2) is 0 Å². The Morgan fingerprint density at radius 3 is 2.65 bits per heavy atom. The van der Waals surface area contributed by atoms with Crippen LogP contribution in [0, 0.1) is 11.8 Å². The zero-order valence-corrected chi connectivity index (χ0v) is 10.3. The van der Waals surface area contributed by atoms with Crippen LogP contribution in [0.1, 0.15) is 13.8 Å². The molecule has 4 heteroatoms. The molecule has 1 N–H and O–H groups in total. The summed E-state index contributed by atoms with van der Waals surface area (Å²) in [5, 5.41) is 9.27. The van der Waals surface area contributed by atoms with Crippen molar-refractivity contribution in [2.24, 2.45) is 11.8 Å². The van der Waals surface area contributed by atoms with Crippen molar-refractivity contribution in [3.05, 3.63) is 24.3 Å². The average Bonchev–Trinajstić information content (AvgIpc) is 2.28. The Hall–Kier alpha value is -1.71. The number of ether oxygens (including phenoxy) is 2. The SMILES string of the molecule is COC(=O)C(COc1cccc(O)c1)C(C)C. The third-order valence-corrected chi connectivity index (χ3v) is 2.56. The van der Waals surface area contributed by atoms with Crippen molar-refractivity contribution in [2.75, 3.05) is 13.7 Å². The molecule has 0 amide bonds. The molecule has 0 aliphatic carbocycles. The number of phenolic OH excluding ortho intramolecular Hbond substituents is 1. The second-order valence-corrected chi connectivity index (χ2v) is 4.18. The maximum atomic E-state index is 11.5. The number of esters is 1. The minimum Gasteiger partial charge on any atom is -0.508 e. The molecule has 0 aromatic heterocycles. The Morgan fingerprint density at radius 1 is 1.41 bits per heavy atom. The van der Waals surface area contributed by atoms with E-state index in [2.05, 4.69) is 0 Å². The molecule has 94 valence electrons. The molecule has 1 atom stereocenters. The van der Waals surface area contributed by atoms with Gasteiger partial charge in [0.1, 0.15) is 18.1 Å². The van der Waals surface area contributed by atoms with Crippen LogP contribution in [0.5, 0.6) is 11.5 Å². The van der Waals surface area contributed by atoms with Gasteiger partial charge in [0, 0.05) is 6.07 Å². The first kappa shape index (κ1) is 13.4. The Balaban J connectivity index is 2.61. The van der Waals surface area contributed by atoms with Crippen molar-refractivity contribution in [1.29, 1.82) is 0 Å². The molecule has 0 radical (unpaired) electrons. The van der Waals surface area contributed by atoms with Crippen LogP contribution in [0.4, 0.5) is 0 Å². The number of carbonyl (C=O) groups is 1. The van der Waals surface area contributed by atoms with Crippen LogP contribution >= 0.6 is 0 Å². The molecule has 0 fully saturated rings. The number of carbonyl (C=O) groups excluding carboxylic acids is 1. The molecule has 0 saturated heterocycles. The quantitative estimate of drug-likeness (QED) is 0.799. The normalized spacial score (nSPS) is 12.2. The van der Waals surface area contributed by atoms with Crippen LogP contribution in [-0.4, -0.2) is 24.8 Å². The van der Waals surface area contributed by atoms with Crippen LogP contribution in [0.3, 0.4) is 0 Å². The van der Waals surface area contributed by atoms with Gasteiger partial charge in [-0.2, -0.15) is 0 Å². The van der Waals surface area contributed by atoms with Crippen molar-refractivity contribution in [3.8, 4) is 11.5 Å². The van der Waals surface area contributed by atoms with Crippen LogP contribution < -0.4 is 4.74 Å². The summed E-state index contributed by atoms with van der Waals surface area (Å²) < 4.78 is 10.2.